The molecule has 3 N–H and O–H groups in total. The van der Waals surface area contributed by atoms with Crippen LogP contribution in [0.3, 0.4) is 0 Å². The van der Waals surface area contributed by atoms with Crippen molar-refractivity contribution in [3.05, 3.63) is 17.7 Å². The molecule has 0 saturated carbocycles. The maximum Gasteiger partial charge on any atom is 0.488 e. The molecule has 0 spiro atoms. The summed E-state index contributed by atoms with van der Waals surface area (Å²) in [5.74, 6) is 0.438. The first-order valence-electron chi connectivity index (χ1n) is 4.86. The zero-order valence-corrected chi connectivity index (χ0v) is 9.64. The Morgan fingerprint density at radius 2 is 1.94 bits per heavy atom. The molecule has 0 aromatic heterocycles. The second-order valence-corrected chi connectivity index (χ2v) is 3.83. The molecule has 1 aromatic carbocycles. The number of hydrogen-bond donors (Lipinski definition) is 3. The lowest BCUT2D eigenvalue weighted by atomic mass is 9.79. The average molecular weight is 225 g/mol. The van der Waals surface area contributed by atoms with Gasteiger partial charge in [-0.15, -0.1) is 0 Å². The minimum absolute atomic E-state index is 0.00356. The second-order valence-electron chi connectivity index (χ2n) is 3.83. The molecule has 0 amide bonds. The standard InChI is InChI=1S/C10H16BNO4/c1-12(2)6-8-9(13)4-7(11(14)15)5-10(8)16-3/h4-5,13-15H,6H2,1-3H3. The monoisotopic (exact) mass is 225 g/mol. The van der Waals surface area contributed by atoms with Crippen LogP contribution < -0.4 is 10.2 Å². The summed E-state index contributed by atoms with van der Waals surface area (Å²) in [5.41, 5.74) is 0.828. The Labute approximate surface area is 95.0 Å². The second kappa shape index (κ2) is 5.20. The van der Waals surface area contributed by atoms with Crippen LogP contribution in [0.25, 0.3) is 0 Å². The SMILES string of the molecule is COc1cc(B(O)O)cc(O)c1CN(C)C. The van der Waals surface area contributed by atoms with Crippen LogP contribution in [0.5, 0.6) is 11.5 Å². The maximum atomic E-state index is 9.77. The highest BCUT2D eigenvalue weighted by Crippen LogP contribution is 2.27. The summed E-state index contributed by atoms with van der Waals surface area (Å²) in [6, 6.07) is 2.83. The van der Waals surface area contributed by atoms with E-state index in [1.165, 1.54) is 19.2 Å². The number of methoxy groups -OCH3 is 1. The van der Waals surface area contributed by atoms with E-state index < -0.39 is 7.12 Å². The normalized spacial score (nSPS) is 10.6. The highest BCUT2D eigenvalue weighted by molar-refractivity contribution is 6.58. The van der Waals surface area contributed by atoms with E-state index >= 15 is 0 Å². The summed E-state index contributed by atoms with van der Waals surface area (Å²) in [7, 11) is 3.59. The number of ether oxygens (including phenoxy) is 1. The molecule has 88 valence electrons. The molecule has 5 nitrogen and oxygen atoms in total. The van der Waals surface area contributed by atoms with Gasteiger partial charge < -0.3 is 24.8 Å². The lowest BCUT2D eigenvalue weighted by Crippen LogP contribution is -2.30. The fraction of sp³-hybridized carbons (Fsp3) is 0.400. The van der Waals surface area contributed by atoms with E-state index in [0.29, 0.717) is 17.9 Å². The van der Waals surface area contributed by atoms with E-state index in [1.807, 2.05) is 19.0 Å². The maximum absolute atomic E-state index is 9.77. The highest BCUT2D eigenvalue weighted by Gasteiger charge is 2.18. The van der Waals surface area contributed by atoms with Gasteiger partial charge in [-0.05, 0) is 31.7 Å². The quantitative estimate of drug-likeness (QED) is 0.581. The Bertz CT molecular complexity index is 368. The van der Waals surface area contributed by atoms with Crippen molar-refractivity contribution in [2.24, 2.45) is 0 Å². The van der Waals surface area contributed by atoms with E-state index in [1.54, 1.807) is 0 Å². The Hall–Kier alpha value is -1.24. The molecule has 0 aliphatic carbocycles. The van der Waals surface area contributed by atoms with Crippen LogP contribution in [0.1, 0.15) is 5.56 Å². The van der Waals surface area contributed by atoms with Crippen LogP contribution in [-0.2, 0) is 6.54 Å². The number of phenolic OH excluding ortho intramolecular Hbond substituents is 1. The first-order valence-corrected chi connectivity index (χ1v) is 4.86. The van der Waals surface area contributed by atoms with Crippen molar-refractivity contribution < 1.29 is 19.9 Å². The zero-order valence-electron chi connectivity index (χ0n) is 9.64. The molecule has 0 aliphatic rings. The molecule has 0 saturated heterocycles. The van der Waals surface area contributed by atoms with Gasteiger partial charge in [-0.25, -0.2) is 0 Å². The van der Waals surface area contributed by atoms with Crippen LogP contribution in [0.2, 0.25) is 0 Å². The van der Waals surface area contributed by atoms with Gasteiger partial charge in [-0.3, -0.25) is 0 Å². The zero-order chi connectivity index (χ0) is 12.3. The summed E-state index contributed by atoms with van der Waals surface area (Å²) < 4.78 is 5.11. The van der Waals surface area contributed by atoms with Gasteiger partial charge in [-0.1, -0.05) is 0 Å². The summed E-state index contributed by atoms with van der Waals surface area (Å²) in [6.07, 6.45) is 0. The van der Waals surface area contributed by atoms with Gasteiger partial charge in [0.25, 0.3) is 0 Å². The van der Waals surface area contributed by atoms with E-state index in [2.05, 4.69) is 0 Å². The third kappa shape index (κ3) is 2.88. The number of nitrogens with zero attached hydrogens (tertiary/aromatic N) is 1. The minimum Gasteiger partial charge on any atom is -0.507 e. The lowest BCUT2D eigenvalue weighted by Gasteiger charge is -2.16. The fourth-order valence-electron chi connectivity index (χ4n) is 1.46. The molecule has 1 aromatic rings. The largest absolute Gasteiger partial charge is 0.507 e. The third-order valence-electron chi connectivity index (χ3n) is 2.20. The molecule has 16 heavy (non-hydrogen) atoms. The highest BCUT2D eigenvalue weighted by atomic mass is 16.5. The van der Waals surface area contributed by atoms with Gasteiger partial charge in [0.2, 0.25) is 0 Å². The average Bonchev–Trinajstić information content (AvgIpc) is 2.19. The summed E-state index contributed by atoms with van der Waals surface area (Å²) in [4.78, 5) is 1.88. The van der Waals surface area contributed by atoms with Gasteiger partial charge in [0.1, 0.15) is 11.5 Å². The predicted molar refractivity (Wildman–Crippen MR) is 61.9 cm³/mol. The summed E-state index contributed by atoms with van der Waals surface area (Å²) >= 11 is 0. The van der Waals surface area contributed by atoms with Crippen molar-refractivity contribution in [1.82, 2.24) is 4.90 Å². The van der Waals surface area contributed by atoms with Gasteiger partial charge in [0.15, 0.2) is 0 Å². The first kappa shape index (κ1) is 12.8. The number of hydrogen-bond acceptors (Lipinski definition) is 5. The van der Waals surface area contributed by atoms with Gasteiger partial charge in [0.05, 0.1) is 7.11 Å². The summed E-state index contributed by atoms with van der Waals surface area (Å²) in [6.45, 7) is 0.511. The molecule has 1 rings (SSSR count). The summed E-state index contributed by atoms with van der Waals surface area (Å²) in [5, 5.41) is 27.8. The van der Waals surface area contributed by atoms with Gasteiger partial charge in [-0.2, -0.15) is 0 Å². The lowest BCUT2D eigenvalue weighted by molar-refractivity contribution is 0.357. The van der Waals surface area contributed by atoms with Crippen LogP contribution >= 0.6 is 0 Å². The molecular weight excluding hydrogens is 209 g/mol. The Kier molecular flexibility index (Phi) is 4.17. The van der Waals surface area contributed by atoms with Gasteiger partial charge in [0, 0.05) is 12.1 Å². The van der Waals surface area contributed by atoms with Crippen LogP contribution in [-0.4, -0.2) is 48.4 Å². The van der Waals surface area contributed by atoms with Crippen molar-refractivity contribution in [3.8, 4) is 11.5 Å². The third-order valence-corrected chi connectivity index (χ3v) is 2.20. The molecule has 0 atom stereocenters. The Morgan fingerprint density at radius 1 is 1.31 bits per heavy atom. The molecule has 0 unspecified atom stereocenters. The van der Waals surface area contributed by atoms with Crippen molar-refractivity contribution >= 4 is 12.6 Å². The van der Waals surface area contributed by atoms with Crippen LogP contribution in [0.4, 0.5) is 0 Å². The van der Waals surface area contributed by atoms with Crippen molar-refractivity contribution in [3.63, 3.8) is 0 Å². The molecule has 0 aliphatic heterocycles. The Morgan fingerprint density at radius 3 is 2.38 bits per heavy atom. The van der Waals surface area contributed by atoms with E-state index in [9.17, 15) is 5.11 Å². The first-order chi connectivity index (χ1) is 7.45. The molecule has 0 bridgehead atoms. The van der Waals surface area contributed by atoms with Crippen molar-refractivity contribution in [1.29, 1.82) is 0 Å². The topological polar surface area (TPSA) is 73.2 Å². The molecule has 6 heteroatoms. The van der Waals surface area contributed by atoms with Crippen LogP contribution in [0, 0.1) is 0 Å². The molecule has 0 radical (unpaired) electrons. The fourth-order valence-corrected chi connectivity index (χ4v) is 1.46. The molecular formula is C10H16BNO4. The van der Waals surface area contributed by atoms with E-state index in [-0.39, 0.29) is 11.2 Å². The Balaban J connectivity index is 3.17. The number of rotatable bonds is 4. The van der Waals surface area contributed by atoms with Gasteiger partial charge >= 0.3 is 7.12 Å². The van der Waals surface area contributed by atoms with Crippen LogP contribution in [0.15, 0.2) is 12.1 Å². The molecule has 0 fully saturated rings. The molecule has 0 heterocycles. The van der Waals surface area contributed by atoms with E-state index in [0.717, 1.165) is 0 Å². The smallest absolute Gasteiger partial charge is 0.488 e. The number of aromatic hydroxyl groups is 1. The van der Waals surface area contributed by atoms with Crippen molar-refractivity contribution in [2.75, 3.05) is 21.2 Å². The van der Waals surface area contributed by atoms with Crippen molar-refractivity contribution in [2.45, 2.75) is 6.54 Å². The number of phenols is 1. The predicted octanol–water partition coefficient (Wildman–Crippen LogP) is -0.858. The van der Waals surface area contributed by atoms with E-state index in [4.69, 9.17) is 14.8 Å². The minimum atomic E-state index is -1.62. The number of benzene rings is 1.